The Bertz CT molecular complexity index is 754. The molecule has 0 saturated heterocycles. The van der Waals surface area contributed by atoms with Crippen molar-refractivity contribution in [3.8, 4) is 0 Å². The van der Waals surface area contributed by atoms with Gasteiger partial charge in [-0.05, 0) is 58.7 Å². The van der Waals surface area contributed by atoms with Crippen LogP contribution < -0.4 is 5.32 Å². The highest BCUT2D eigenvalue weighted by Gasteiger charge is 2.05. The Morgan fingerprint density at radius 3 is 2.84 bits per heavy atom. The number of anilines is 2. The summed E-state index contributed by atoms with van der Waals surface area (Å²) in [4.78, 5) is 4.52. The number of nitrogens with one attached hydrogen (secondary N) is 1. The van der Waals surface area contributed by atoms with Crippen LogP contribution in [0.15, 0.2) is 40.9 Å². The van der Waals surface area contributed by atoms with Crippen molar-refractivity contribution < 1.29 is 4.39 Å². The standard InChI is InChI=1S/C14H10BrFN2S/c1-8-2-5-13-12(6-8)18-14(19-13)17-9-3-4-11(16)10(15)7-9/h2-7H,1H3,(H,17,18). The molecule has 96 valence electrons. The lowest BCUT2D eigenvalue weighted by molar-refractivity contribution is 0.621. The van der Waals surface area contributed by atoms with Gasteiger partial charge >= 0.3 is 0 Å². The zero-order chi connectivity index (χ0) is 13.4. The zero-order valence-corrected chi connectivity index (χ0v) is 12.5. The summed E-state index contributed by atoms with van der Waals surface area (Å²) in [6.45, 7) is 2.04. The van der Waals surface area contributed by atoms with Gasteiger partial charge in [-0.15, -0.1) is 0 Å². The average Bonchev–Trinajstić information content (AvgIpc) is 2.75. The van der Waals surface area contributed by atoms with Crippen molar-refractivity contribution in [2.75, 3.05) is 5.32 Å². The lowest BCUT2D eigenvalue weighted by atomic mass is 10.2. The summed E-state index contributed by atoms with van der Waals surface area (Å²) >= 11 is 4.75. The second kappa shape index (κ2) is 4.90. The van der Waals surface area contributed by atoms with Gasteiger partial charge in [-0.25, -0.2) is 9.37 Å². The molecule has 0 aliphatic heterocycles. The van der Waals surface area contributed by atoms with Crippen LogP contribution in [0.2, 0.25) is 0 Å². The van der Waals surface area contributed by atoms with Crippen molar-refractivity contribution in [2.45, 2.75) is 6.92 Å². The monoisotopic (exact) mass is 336 g/mol. The predicted octanol–water partition coefficient (Wildman–Crippen LogP) is 5.25. The van der Waals surface area contributed by atoms with Crippen LogP contribution in [-0.2, 0) is 0 Å². The van der Waals surface area contributed by atoms with Crippen LogP contribution in [0.3, 0.4) is 0 Å². The Kier molecular flexibility index (Phi) is 3.24. The van der Waals surface area contributed by atoms with Crippen molar-refractivity contribution in [1.29, 1.82) is 0 Å². The maximum Gasteiger partial charge on any atom is 0.188 e. The summed E-state index contributed by atoms with van der Waals surface area (Å²) in [7, 11) is 0. The Labute approximate surface area is 122 Å². The maximum atomic E-state index is 13.2. The van der Waals surface area contributed by atoms with Gasteiger partial charge in [-0.3, -0.25) is 0 Å². The molecule has 0 spiro atoms. The first-order valence-corrected chi connectivity index (χ1v) is 7.32. The van der Waals surface area contributed by atoms with Gasteiger partial charge in [0.2, 0.25) is 0 Å². The highest BCUT2D eigenvalue weighted by atomic mass is 79.9. The smallest absolute Gasteiger partial charge is 0.188 e. The first kappa shape index (κ1) is 12.6. The van der Waals surface area contributed by atoms with Crippen LogP contribution in [0.5, 0.6) is 0 Å². The number of benzene rings is 2. The van der Waals surface area contributed by atoms with Crippen LogP contribution in [-0.4, -0.2) is 4.98 Å². The maximum absolute atomic E-state index is 13.2. The molecule has 2 nitrogen and oxygen atoms in total. The van der Waals surface area contributed by atoms with E-state index in [-0.39, 0.29) is 5.82 Å². The van der Waals surface area contributed by atoms with Crippen molar-refractivity contribution in [3.05, 3.63) is 52.3 Å². The number of hydrogen-bond acceptors (Lipinski definition) is 3. The summed E-state index contributed by atoms with van der Waals surface area (Å²) in [5, 5.41) is 4.00. The molecule has 1 aromatic heterocycles. The molecule has 0 fully saturated rings. The van der Waals surface area contributed by atoms with Crippen LogP contribution in [0.1, 0.15) is 5.56 Å². The molecule has 0 aliphatic rings. The number of aromatic nitrogens is 1. The molecule has 0 saturated carbocycles. The second-order valence-corrected chi connectivity index (χ2v) is 6.13. The Hall–Kier alpha value is -1.46. The van der Waals surface area contributed by atoms with Crippen LogP contribution in [0.4, 0.5) is 15.2 Å². The molecular weight excluding hydrogens is 327 g/mol. The summed E-state index contributed by atoms with van der Waals surface area (Å²) in [6.07, 6.45) is 0. The van der Waals surface area contributed by atoms with Crippen LogP contribution in [0, 0.1) is 12.7 Å². The van der Waals surface area contributed by atoms with Crippen molar-refractivity contribution in [3.63, 3.8) is 0 Å². The van der Waals surface area contributed by atoms with E-state index in [1.165, 1.54) is 11.6 Å². The number of nitrogens with zero attached hydrogens (tertiary/aromatic N) is 1. The highest BCUT2D eigenvalue weighted by molar-refractivity contribution is 9.10. The van der Waals surface area contributed by atoms with Gasteiger partial charge in [0.25, 0.3) is 0 Å². The molecule has 0 bridgehead atoms. The minimum absolute atomic E-state index is 0.273. The minimum atomic E-state index is -0.273. The highest BCUT2D eigenvalue weighted by Crippen LogP contribution is 2.30. The molecule has 1 N–H and O–H groups in total. The van der Waals surface area contributed by atoms with Crippen LogP contribution in [0.25, 0.3) is 10.2 Å². The molecule has 0 radical (unpaired) electrons. The molecule has 1 heterocycles. The van der Waals surface area contributed by atoms with E-state index in [1.807, 2.05) is 6.92 Å². The molecule has 5 heteroatoms. The van der Waals surface area contributed by atoms with E-state index in [2.05, 4.69) is 44.4 Å². The summed E-state index contributed by atoms with van der Waals surface area (Å²) < 4.78 is 14.7. The lowest BCUT2D eigenvalue weighted by Crippen LogP contribution is -1.89. The second-order valence-electron chi connectivity index (χ2n) is 4.24. The van der Waals surface area contributed by atoms with Gasteiger partial charge in [0.05, 0.1) is 14.7 Å². The van der Waals surface area contributed by atoms with E-state index in [0.29, 0.717) is 4.47 Å². The van der Waals surface area contributed by atoms with E-state index in [9.17, 15) is 4.39 Å². The molecular formula is C14H10BrFN2S. The fourth-order valence-corrected chi connectivity index (χ4v) is 3.03. The average molecular weight is 337 g/mol. The third-order valence-corrected chi connectivity index (χ3v) is 4.27. The van der Waals surface area contributed by atoms with Gasteiger partial charge in [-0.2, -0.15) is 0 Å². The van der Waals surface area contributed by atoms with Gasteiger partial charge in [0.1, 0.15) is 5.82 Å². The number of thiazole rings is 1. The number of halogens is 2. The quantitative estimate of drug-likeness (QED) is 0.691. The van der Waals surface area contributed by atoms with E-state index < -0.39 is 0 Å². The van der Waals surface area contributed by atoms with Gasteiger partial charge in [-0.1, -0.05) is 17.4 Å². The third-order valence-electron chi connectivity index (χ3n) is 2.71. The Morgan fingerprint density at radius 1 is 1.21 bits per heavy atom. The van der Waals surface area contributed by atoms with E-state index in [4.69, 9.17) is 0 Å². The number of rotatable bonds is 2. The summed E-state index contributed by atoms with van der Waals surface area (Å²) in [5.74, 6) is -0.273. The normalized spacial score (nSPS) is 10.9. The fourth-order valence-electron chi connectivity index (χ4n) is 1.79. The largest absolute Gasteiger partial charge is 0.331 e. The molecule has 0 atom stereocenters. The number of hydrogen-bond donors (Lipinski definition) is 1. The van der Waals surface area contributed by atoms with E-state index in [1.54, 1.807) is 23.5 Å². The van der Waals surface area contributed by atoms with Gasteiger partial charge in [0, 0.05) is 5.69 Å². The number of fused-ring (bicyclic) bond motifs is 1. The molecule has 0 aliphatic carbocycles. The molecule has 2 aromatic carbocycles. The van der Waals surface area contributed by atoms with Crippen LogP contribution >= 0.6 is 27.3 Å². The number of aryl methyl sites for hydroxylation is 1. The van der Waals surface area contributed by atoms with E-state index >= 15 is 0 Å². The lowest BCUT2D eigenvalue weighted by Gasteiger charge is -2.03. The molecule has 0 amide bonds. The van der Waals surface area contributed by atoms with Crippen molar-refractivity contribution in [2.24, 2.45) is 0 Å². The first-order chi connectivity index (χ1) is 9.11. The summed E-state index contributed by atoms with van der Waals surface area (Å²) in [5.41, 5.74) is 2.98. The first-order valence-electron chi connectivity index (χ1n) is 5.71. The van der Waals surface area contributed by atoms with Crippen molar-refractivity contribution >= 4 is 48.3 Å². The summed E-state index contributed by atoms with van der Waals surface area (Å²) in [6, 6.07) is 11.0. The van der Waals surface area contributed by atoms with Gasteiger partial charge in [0.15, 0.2) is 5.13 Å². The molecule has 3 rings (SSSR count). The Morgan fingerprint density at radius 2 is 2.05 bits per heavy atom. The zero-order valence-electron chi connectivity index (χ0n) is 10.1. The molecule has 3 aromatic rings. The van der Waals surface area contributed by atoms with E-state index in [0.717, 1.165) is 21.0 Å². The Balaban J connectivity index is 1.94. The molecule has 19 heavy (non-hydrogen) atoms. The third kappa shape index (κ3) is 2.62. The topological polar surface area (TPSA) is 24.9 Å². The predicted molar refractivity (Wildman–Crippen MR) is 81.7 cm³/mol. The SMILES string of the molecule is Cc1ccc2sc(Nc3ccc(F)c(Br)c3)nc2c1. The van der Waals surface area contributed by atoms with Crippen molar-refractivity contribution in [1.82, 2.24) is 4.98 Å². The fraction of sp³-hybridized carbons (Fsp3) is 0.0714. The molecule has 0 unspecified atom stereocenters. The van der Waals surface area contributed by atoms with Gasteiger partial charge < -0.3 is 5.32 Å². The minimum Gasteiger partial charge on any atom is -0.331 e.